The van der Waals surface area contributed by atoms with Gasteiger partial charge in [0.25, 0.3) is 0 Å². The van der Waals surface area contributed by atoms with Gasteiger partial charge in [-0.25, -0.2) is 0 Å². The maximum absolute atomic E-state index is 3.40. The average molecular weight is 189 g/mol. The van der Waals surface area contributed by atoms with Gasteiger partial charge in [-0.15, -0.1) is 0 Å². The zero-order valence-corrected chi connectivity index (χ0v) is 9.25. The Bertz CT molecular complexity index is 285. The molecule has 1 rings (SSSR count). The summed E-state index contributed by atoms with van der Waals surface area (Å²) in [6.07, 6.45) is 2.22. The van der Waals surface area contributed by atoms with Crippen LogP contribution in [0.1, 0.15) is 26.3 Å². The average Bonchev–Trinajstić information content (AvgIpc) is 2.16. The molecular weight excluding hydrogens is 170 g/mol. The highest BCUT2D eigenvalue weighted by Gasteiger charge is 1.93. The van der Waals surface area contributed by atoms with Gasteiger partial charge in [-0.05, 0) is 12.5 Å². The second-order valence-corrected chi connectivity index (χ2v) is 3.94. The summed E-state index contributed by atoms with van der Waals surface area (Å²) in [5.41, 5.74) is 2.64. The van der Waals surface area contributed by atoms with Crippen LogP contribution < -0.4 is 5.32 Å². The van der Waals surface area contributed by atoms with Crippen LogP contribution in [0, 0.1) is 0 Å². The van der Waals surface area contributed by atoms with E-state index >= 15 is 0 Å². The van der Waals surface area contributed by atoms with Crippen LogP contribution in [0.4, 0.5) is 0 Å². The molecule has 14 heavy (non-hydrogen) atoms. The third-order valence-electron chi connectivity index (χ3n) is 2.00. The Morgan fingerprint density at radius 3 is 2.50 bits per heavy atom. The Morgan fingerprint density at radius 1 is 1.29 bits per heavy atom. The lowest BCUT2D eigenvalue weighted by Gasteiger charge is -2.07. The molecule has 0 aromatic heterocycles. The fourth-order valence-electron chi connectivity index (χ4n) is 1.25. The van der Waals surface area contributed by atoms with E-state index in [4.69, 9.17) is 0 Å². The summed E-state index contributed by atoms with van der Waals surface area (Å²) in [6, 6.07) is 11.0. The van der Waals surface area contributed by atoms with Crippen molar-refractivity contribution in [3.8, 4) is 0 Å². The molecule has 0 radical (unpaired) electrons. The van der Waals surface area contributed by atoms with Gasteiger partial charge in [-0.2, -0.15) is 0 Å². The van der Waals surface area contributed by atoms with E-state index in [2.05, 4.69) is 56.4 Å². The minimum atomic E-state index is 0.550. The Hall–Kier alpha value is -1.08. The lowest BCUT2D eigenvalue weighted by molar-refractivity contribution is 0.623. The quantitative estimate of drug-likeness (QED) is 0.767. The van der Waals surface area contributed by atoms with Gasteiger partial charge in [-0.3, -0.25) is 0 Å². The van der Waals surface area contributed by atoms with Crippen molar-refractivity contribution in [2.45, 2.75) is 26.8 Å². The maximum atomic E-state index is 3.40. The fourth-order valence-corrected chi connectivity index (χ4v) is 1.25. The first-order valence-electron chi connectivity index (χ1n) is 5.14. The van der Waals surface area contributed by atoms with Gasteiger partial charge in [0.15, 0.2) is 0 Å². The van der Waals surface area contributed by atoms with E-state index in [0.717, 1.165) is 6.54 Å². The molecule has 0 amide bonds. The summed E-state index contributed by atoms with van der Waals surface area (Å²) in [5.74, 6) is 0. The summed E-state index contributed by atoms with van der Waals surface area (Å²) < 4.78 is 0. The highest BCUT2D eigenvalue weighted by molar-refractivity contribution is 5.52. The largest absolute Gasteiger partial charge is 0.311 e. The van der Waals surface area contributed by atoms with E-state index in [1.165, 1.54) is 11.1 Å². The Labute approximate surface area is 86.8 Å². The number of hydrogen-bond donors (Lipinski definition) is 1. The number of rotatable bonds is 4. The third kappa shape index (κ3) is 4.24. The molecule has 0 spiro atoms. The van der Waals surface area contributed by atoms with Crippen LogP contribution in [-0.2, 0) is 0 Å². The monoisotopic (exact) mass is 189 g/mol. The first-order chi connectivity index (χ1) is 6.68. The summed E-state index contributed by atoms with van der Waals surface area (Å²) in [5, 5.41) is 3.40. The van der Waals surface area contributed by atoms with Crippen LogP contribution in [0.2, 0.25) is 0 Å². The van der Waals surface area contributed by atoms with E-state index in [-0.39, 0.29) is 0 Å². The van der Waals surface area contributed by atoms with E-state index in [9.17, 15) is 0 Å². The standard InChI is InChI=1S/C13H19N/c1-11(2)14-10-12(3)9-13-7-5-4-6-8-13/h4-9,11,14H,10H2,1-3H3/b12-9+. The molecule has 0 atom stereocenters. The highest BCUT2D eigenvalue weighted by Crippen LogP contribution is 2.05. The molecule has 0 saturated heterocycles. The SMILES string of the molecule is C/C(=C\c1ccccc1)CNC(C)C. The molecule has 1 aromatic carbocycles. The maximum Gasteiger partial charge on any atom is 0.0167 e. The molecule has 0 aliphatic carbocycles. The van der Waals surface area contributed by atoms with Crippen molar-refractivity contribution < 1.29 is 0 Å². The summed E-state index contributed by atoms with van der Waals surface area (Å²) >= 11 is 0. The summed E-state index contributed by atoms with van der Waals surface area (Å²) in [4.78, 5) is 0. The normalized spacial score (nSPS) is 12.1. The van der Waals surface area contributed by atoms with Crippen LogP contribution in [0.25, 0.3) is 6.08 Å². The van der Waals surface area contributed by atoms with E-state index in [0.29, 0.717) is 6.04 Å². The van der Waals surface area contributed by atoms with Crippen LogP contribution in [0.15, 0.2) is 35.9 Å². The highest BCUT2D eigenvalue weighted by atomic mass is 14.9. The molecule has 0 bridgehead atoms. The van der Waals surface area contributed by atoms with E-state index in [1.807, 2.05) is 6.07 Å². The number of benzene rings is 1. The minimum Gasteiger partial charge on any atom is -0.311 e. The summed E-state index contributed by atoms with van der Waals surface area (Å²) in [6.45, 7) is 7.44. The van der Waals surface area contributed by atoms with Gasteiger partial charge in [0.05, 0.1) is 0 Å². The van der Waals surface area contributed by atoms with Crippen LogP contribution in [0.3, 0.4) is 0 Å². The molecule has 0 aliphatic rings. The van der Waals surface area contributed by atoms with Crippen molar-refractivity contribution in [1.82, 2.24) is 5.32 Å². The lowest BCUT2D eigenvalue weighted by atomic mass is 10.1. The molecule has 0 heterocycles. The van der Waals surface area contributed by atoms with E-state index < -0.39 is 0 Å². The second kappa shape index (κ2) is 5.61. The van der Waals surface area contributed by atoms with Crippen molar-refractivity contribution in [1.29, 1.82) is 0 Å². The molecule has 0 unspecified atom stereocenters. The smallest absolute Gasteiger partial charge is 0.0167 e. The number of hydrogen-bond acceptors (Lipinski definition) is 1. The van der Waals surface area contributed by atoms with E-state index in [1.54, 1.807) is 0 Å². The zero-order valence-electron chi connectivity index (χ0n) is 9.25. The zero-order chi connectivity index (χ0) is 10.4. The Balaban J connectivity index is 2.52. The topological polar surface area (TPSA) is 12.0 Å². The number of nitrogens with one attached hydrogen (secondary N) is 1. The first-order valence-corrected chi connectivity index (χ1v) is 5.14. The van der Waals surface area contributed by atoms with Gasteiger partial charge < -0.3 is 5.32 Å². The lowest BCUT2D eigenvalue weighted by Crippen LogP contribution is -2.24. The van der Waals surface area contributed by atoms with Gasteiger partial charge >= 0.3 is 0 Å². The molecule has 1 N–H and O–H groups in total. The molecule has 0 saturated carbocycles. The second-order valence-electron chi connectivity index (χ2n) is 3.94. The van der Waals surface area contributed by atoms with Gasteiger partial charge in [-0.1, -0.05) is 55.8 Å². The van der Waals surface area contributed by atoms with Crippen molar-refractivity contribution in [2.24, 2.45) is 0 Å². The van der Waals surface area contributed by atoms with Crippen LogP contribution in [-0.4, -0.2) is 12.6 Å². The van der Waals surface area contributed by atoms with Crippen LogP contribution in [0.5, 0.6) is 0 Å². The van der Waals surface area contributed by atoms with Crippen molar-refractivity contribution in [3.63, 3.8) is 0 Å². The summed E-state index contributed by atoms with van der Waals surface area (Å²) in [7, 11) is 0. The molecule has 1 nitrogen and oxygen atoms in total. The molecule has 0 fully saturated rings. The third-order valence-corrected chi connectivity index (χ3v) is 2.00. The Kier molecular flexibility index (Phi) is 4.41. The fraction of sp³-hybridized carbons (Fsp3) is 0.385. The molecule has 1 heteroatoms. The predicted molar refractivity (Wildman–Crippen MR) is 63.2 cm³/mol. The molecular formula is C13H19N. The van der Waals surface area contributed by atoms with Crippen molar-refractivity contribution in [2.75, 3.05) is 6.54 Å². The van der Waals surface area contributed by atoms with Gasteiger partial charge in [0.1, 0.15) is 0 Å². The van der Waals surface area contributed by atoms with Gasteiger partial charge in [0, 0.05) is 12.6 Å². The van der Waals surface area contributed by atoms with Crippen molar-refractivity contribution in [3.05, 3.63) is 41.5 Å². The molecule has 1 aromatic rings. The molecule has 0 aliphatic heterocycles. The molecule has 76 valence electrons. The van der Waals surface area contributed by atoms with Crippen molar-refractivity contribution >= 4 is 6.08 Å². The van der Waals surface area contributed by atoms with Crippen LogP contribution >= 0.6 is 0 Å². The Morgan fingerprint density at radius 2 is 1.93 bits per heavy atom. The first kappa shape index (κ1) is 11.0. The minimum absolute atomic E-state index is 0.550. The van der Waals surface area contributed by atoms with Gasteiger partial charge in [0.2, 0.25) is 0 Å². The predicted octanol–water partition coefficient (Wildman–Crippen LogP) is 3.09.